The molecule has 0 unspecified atom stereocenters. The van der Waals surface area contributed by atoms with Crippen LogP contribution in [0.5, 0.6) is 0 Å². The third-order valence-corrected chi connectivity index (χ3v) is 5.86. The van der Waals surface area contributed by atoms with Crippen LogP contribution >= 0.6 is 0 Å². The molecule has 0 spiro atoms. The third kappa shape index (κ3) is 5.14. The van der Waals surface area contributed by atoms with E-state index in [1.54, 1.807) is 6.20 Å². The fourth-order valence-corrected chi connectivity index (χ4v) is 4.28. The normalized spacial score (nSPS) is 25.1. The number of carbonyl (C=O) groups is 1. The highest BCUT2D eigenvalue weighted by molar-refractivity contribution is 5.89. The fraction of sp³-hybridized carbons (Fsp3) is 0.714. The molecule has 7 nitrogen and oxygen atoms in total. The van der Waals surface area contributed by atoms with E-state index < -0.39 is 0 Å². The van der Waals surface area contributed by atoms with Crippen LogP contribution in [0.25, 0.3) is 0 Å². The van der Waals surface area contributed by atoms with Crippen molar-refractivity contribution in [2.75, 3.05) is 49.6 Å². The molecule has 0 bridgehead atoms. The van der Waals surface area contributed by atoms with E-state index in [0.717, 1.165) is 63.5 Å². The Morgan fingerprint density at radius 1 is 1.04 bits per heavy atom. The van der Waals surface area contributed by atoms with Crippen LogP contribution in [-0.2, 0) is 9.47 Å². The minimum absolute atomic E-state index is 0.0986. The summed E-state index contributed by atoms with van der Waals surface area (Å²) in [6.45, 7) is 4.95. The highest BCUT2D eigenvalue weighted by atomic mass is 16.5. The van der Waals surface area contributed by atoms with Crippen molar-refractivity contribution in [3.8, 4) is 0 Å². The number of hydrogen-bond donors (Lipinski definition) is 1. The van der Waals surface area contributed by atoms with Gasteiger partial charge in [0.05, 0.1) is 24.1 Å². The van der Waals surface area contributed by atoms with Gasteiger partial charge in [-0.2, -0.15) is 0 Å². The summed E-state index contributed by atoms with van der Waals surface area (Å²) in [6, 6.07) is 3.86. The standard InChI is InChI=1S/C21H32N4O3/c26-21(23-17-8-9-20(22-14-17)24-10-2-1-3-11-24)25(15-18-6-4-12-27-18)16-19-7-5-13-28-19/h8-9,14,18-19H,1-7,10-13,15-16H2,(H,23,26)/t18-,19-/m1/s1. The van der Waals surface area contributed by atoms with E-state index in [9.17, 15) is 4.79 Å². The molecule has 1 N–H and O–H groups in total. The molecule has 4 heterocycles. The first-order valence-electron chi connectivity index (χ1n) is 10.8. The summed E-state index contributed by atoms with van der Waals surface area (Å²) in [5.74, 6) is 0.994. The van der Waals surface area contributed by atoms with Crippen molar-refractivity contribution in [2.24, 2.45) is 0 Å². The van der Waals surface area contributed by atoms with Gasteiger partial charge in [0.1, 0.15) is 5.82 Å². The molecule has 3 saturated heterocycles. The number of carbonyl (C=O) groups excluding carboxylic acids is 1. The Hall–Kier alpha value is -1.86. The smallest absolute Gasteiger partial charge is 0.322 e. The van der Waals surface area contributed by atoms with Gasteiger partial charge in [-0.05, 0) is 57.1 Å². The summed E-state index contributed by atoms with van der Waals surface area (Å²) < 4.78 is 11.5. The van der Waals surface area contributed by atoms with Gasteiger partial charge >= 0.3 is 6.03 Å². The lowest BCUT2D eigenvalue weighted by molar-refractivity contribution is 0.0524. The summed E-state index contributed by atoms with van der Waals surface area (Å²) in [5.41, 5.74) is 0.732. The molecule has 4 rings (SSSR count). The number of nitrogens with one attached hydrogen (secondary N) is 1. The van der Waals surface area contributed by atoms with E-state index in [1.807, 2.05) is 17.0 Å². The van der Waals surface area contributed by atoms with Gasteiger partial charge in [0.2, 0.25) is 0 Å². The van der Waals surface area contributed by atoms with Crippen LogP contribution < -0.4 is 10.2 Å². The van der Waals surface area contributed by atoms with Gasteiger partial charge in [0.25, 0.3) is 0 Å². The van der Waals surface area contributed by atoms with Crippen LogP contribution in [-0.4, -0.2) is 67.5 Å². The Morgan fingerprint density at radius 3 is 2.25 bits per heavy atom. The topological polar surface area (TPSA) is 66.9 Å². The Bertz CT molecular complexity index is 603. The minimum Gasteiger partial charge on any atom is -0.376 e. The highest BCUT2D eigenvalue weighted by Gasteiger charge is 2.27. The number of ether oxygens (including phenoxy) is 2. The molecular weight excluding hydrogens is 356 g/mol. The summed E-state index contributed by atoms with van der Waals surface area (Å²) in [7, 11) is 0. The second-order valence-corrected chi connectivity index (χ2v) is 8.06. The molecule has 28 heavy (non-hydrogen) atoms. The summed E-state index contributed by atoms with van der Waals surface area (Å²) >= 11 is 0. The predicted molar refractivity (Wildman–Crippen MR) is 109 cm³/mol. The molecule has 3 aliphatic rings. The predicted octanol–water partition coefficient (Wildman–Crippen LogP) is 3.26. The van der Waals surface area contributed by atoms with E-state index in [0.29, 0.717) is 13.1 Å². The molecule has 1 aromatic rings. The molecular formula is C21H32N4O3. The van der Waals surface area contributed by atoms with Gasteiger partial charge in [-0.15, -0.1) is 0 Å². The number of anilines is 2. The van der Waals surface area contributed by atoms with Crippen molar-refractivity contribution in [1.82, 2.24) is 9.88 Å². The first-order chi connectivity index (χ1) is 13.8. The zero-order chi connectivity index (χ0) is 19.2. The Kier molecular flexibility index (Phi) is 6.65. The molecule has 3 aliphatic heterocycles. The number of amides is 2. The van der Waals surface area contributed by atoms with Crippen LogP contribution in [0.3, 0.4) is 0 Å². The molecule has 2 atom stereocenters. The quantitative estimate of drug-likeness (QED) is 0.810. The maximum atomic E-state index is 12.9. The lowest BCUT2D eigenvalue weighted by atomic mass is 10.1. The average Bonchev–Trinajstić information content (AvgIpc) is 3.43. The van der Waals surface area contributed by atoms with Crippen molar-refractivity contribution in [1.29, 1.82) is 0 Å². The number of rotatable bonds is 6. The van der Waals surface area contributed by atoms with Crippen molar-refractivity contribution in [2.45, 2.75) is 57.2 Å². The van der Waals surface area contributed by atoms with Crippen molar-refractivity contribution < 1.29 is 14.3 Å². The van der Waals surface area contributed by atoms with E-state index in [4.69, 9.17) is 9.47 Å². The summed E-state index contributed by atoms with van der Waals surface area (Å²) in [4.78, 5) is 21.7. The SMILES string of the molecule is O=C(Nc1ccc(N2CCCCC2)nc1)N(C[C@H]1CCCO1)C[C@H]1CCCO1. The first kappa shape index (κ1) is 19.5. The number of hydrogen-bond acceptors (Lipinski definition) is 5. The zero-order valence-corrected chi connectivity index (χ0v) is 16.6. The molecule has 2 amide bonds. The summed E-state index contributed by atoms with van der Waals surface area (Å²) in [5, 5.41) is 3.01. The lowest BCUT2D eigenvalue weighted by Crippen LogP contribution is -2.44. The van der Waals surface area contributed by atoms with Crippen molar-refractivity contribution >= 4 is 17.5 Å². The van der Waals surface area contributed by atoms with E-state index in [-0.39, 0.29) is 18.2 Å². The van der Waals surface area contributed by atoms with Gasteiger partial charge < -0.3 is 24.6 Å². The Labute approximate surface area is 167 Å². The van der Waals surface area contributed by atoms with Gasteiger partial charge in [-0.25, -0.2) is 9.78 Å². The lowest BCUT2D eigenvalue weighted by Gasteiger charge is -2.29. The van der Waals surface area contributed by atoms with E-state index >= 15 is 0 Å². The van der Waals surface area contributed by atoms with Gasteiger partial charge in [0.15, 0.2) is 0 Å². The highest BCUT2D eigenvalue weighted by Crippen LogP contribution is 2.21. The third-order valence-electron chi connectivity index (χ3n) is 5.86. The van der Waals surface area contributed by atoms with Crippen LogP contribution in [0.15, 0.2) is 18.3 Å². The van der Waals surface area contributed by atoms with E-state index in [1.165, 1.54) is 19.3 Å². The van der Waals surface area contributed by atoms with Gasteiger partial charge in [0, 0.05) is 39.4 Å². The molecule has 0 aromatic carbocycles. The van der Waals surface area contributed by atoms with Crippen molar-refractivity contribution in [3.63, 3.8) is 0 Å². The number of urea groups is 1. The Morgan fingerprint density at radius 2 is 1.71 bits per heavy atom. The maximum absolute atomic E-state index is 12.9. The largest absolute Gasteiger partial charge is 0.376 e. The summed E-state index contributed by atoms with van der Waals surface area (Å²) in [6.07, 6.45) is 9.95. The van der Waals surface area contributed by atoms with Crippen LogP contribution in [0.4, 0.5) is 16.3 Å². The zero-order valence-electron chi connectivity index (χ0n) is 16.6. The first-order valence-corrected chi connectivity index (χ1v) is 10.8. The second-order valence-electron chi connectivity index (χ2n) is 8.06. The minimum atomic E-state index is -0.0986. The van der Waals surface area contributed by atoms with Crippen molar-refractivity contribution in [3.05, 3.63) is 18.3 Å². The average molecular weight is 389 g/mol. The van der Waals surface area contributed by atoms with E-state index in [2.05, 4.69) is 15.2 Å². The number of piperidine rings is 1. The molecule has 154 valence electrons. The van der Waals surface area contributed by atoms with Gasteiger partial charge in [-0.1, -0.05) is 0 Å². The van der Waals surface area contributed by atoms with Crippen LogP contribution in [0, 0.1) is 0 Å². The molecule has 0 saturated carbocycles. The number of nitrogens with zero attached hydrogens (tertiary/aromatic N) is 3. The molecule has 1 aromatic heterocycles. The number of pyridine rings is 1. The monoisotopic (exact) mass is 388 g/mol. The molecule has 3 fully saturated rings. The van der Waals surface area contributed by atoms with Gasteiger partial charge in [-0.3, -0.25) is 0 Å². The second kappa shape index (κ2) is 9.56. The molecule has 0 radical (unpaired) electrons. The Balaban J connectivity index is 1.36. The molecule has 7 heteroatoms. The molecule has 0 aliphatic carbocycles. The van der Waals surface area contributed by atoms with Crippen LogP contribution in [0.1, 0.15) is 44.9 Å². The van der Waals surface area contributed by atoms with Crippen LogP contribution in [0.2, 0.25) is 0 Å². The fourth-order valence-electron chi connectivity index (χ4n) is 4.28. The number of aromatic nitrogens is 1. The maximum Gasteiger partial charge on any atom is 0.322 e.